The lowest BCUT2D eigenvalue weighted by Crippen LogP contribution is -2.75. The number of carbonyl (C=O) groups excluding carboxylic acids is 1. The van der Waals surface area contributed by atoms with Crippen LogP contribution in [0.5, 0.6) is 0 Å². The van der Waals surface area contributed by atoms with Crippen LogP contribution >= 0.6 is 24.8 Å². The van der Waals surface area contributed by atoms with Crippen LogP contribution in [-0.2, 0) is 9.53 Å². The van der Waals surface area contributed by atoms with Gasteiger partial charge in [0.1, 0.15) is 5.54 Å². The van der Waals surface area contributed by atoms with Crippen LogP contribution in [0, 0.1) is 11.3 Å². The molecule has 2 rings (SSSR count). The Bertz CT molecular complexity index is 415. The summed E-state index contributed by atoms with van der Waals surface area (Å²) < 4.78 is 5.69. The number of halogens is 2. The van der Waals surface area contributed by atoms with Crippen LogP contribution in [-0.4, -0.2) is 55.2 Å². The molecule has 3 N–H and O–H groups in total. The van der Waals surface area contributed by atoms with Gasteiger partial charge in [-0.2, -0.15) is 0 Å². The predicted molar refractivity (Wildman–Crippen MR) is 108 cm³/mol. The molecule has 2 aliphatic rings. The van der Waals surface area contributed by atoms with Gasteiger partial charge in [-0.05, 0) is 51.7 Å². The van der Waals surface area contributed by atoms with Crippen LogP contribution in [0.1, 0.15) is 53.4 Å². The van der Waals surface area contributed by atoms with Crippen molar-refractivity contribution in [2.45, 2.75) is 65.0 Å². The van der Waals surface area contributed by atoms with E-state index in [1.165, 1.54) is 25.9 Å². The van der Waals surface area contributed by atoms with E-state index in [9.17, 15) is 4.79 Å². The van der Waals surface area contributed by atoms with Gasteiger partial charge in [0.15, 0.2) is 0 Å². The Labute approximate surface area is 165 Å². The fraction of sp³-hybridized carbons (Fsp3) is 0.944. The fourth-order valence-electron chi connectivity index (χ4n) is 3.77. The van der Waals surface area contributed by atoms with Gasteiger partial charge in [-0.1, -0.05) is 20.8 Å². The summed E-state index contributed by atoms with van der Waals surface area (Å²) in [4.78, 5) is 15.0. The molecule has 150 valence electrons. The highest BCUT2D eigenvalue weighted by Gasteiger charge is 2.62. The second-order valence-corrected chi connectivity index (χ2v) is 7.97. The summed E-state index contributed by atoms with van der Waals surface area (Å²) in [5, 5.41) is 3.05. The van der Waals surface area contributed by atoms with Gasteiger partial charge >= 0.3 is 0 Å². The van der Waals surface area contributed by atoms with Gasteiger partial charge in [-0.15, -0.1) is 24.8 Å². The Kier molecular flexibility index (Phi) is 10.3. The third kappa shape index (κ3) is 5.46. The number of nitrogens with zero attached hydrogens (tertiary/aromatic N) is 1. The zero-order valence-corrected chi connectivity index (χ0v) is 17.8. The van der Waals surface area contributed by atoms with Gasteiger partial charge in [0.25, 0.3) is 0 Å². The molecule has 1 aliphatic carbocycles. The Morgan fingerprint density at radius 2 is 1.88 bits per heavy atom. The van der Waals surface area contributed by atoms with Crippen molar-refractivity contribution in [3.8, 4) is 0 Å². The van der Waals surface area contributed by atoms with Crippen LogP contribution in [0.3, 0.4) is 0 Å². The van der Waals surface area contributed by atoms with Crippen molar-refractivity contribution in [3.05, 3.63) is 0 Å². The number of hydrogen-bond acceptors (Lipinski definition) is 4. The van der Waals surface area contributed by atoms with E-state index in [1.807, 2.05) is 20.8 Å². The van der Waals surface area contributed by atoms with Crippen molar-refractivity contribution in [1.82, 2.24) is 10.2 Å². The summed E-state index contributed by atoms with van der Waals surface area (Å²) in [6, 6.07) is 0. The van der Waals surface area contributed by atoms with Crippen molar-refractivity contribution in [2.24, 2.45) is 17.1 Å². The van der Waals surface area contributed by atoms with Crippen molar-refractivity contribution in [1.29, 1.82) is 0 Å². The average molecular weight is 398 g/mol. The number of likely N-dealkylation sites (tertiary alicyclic amines) is 1. The lowest BCUT2D eigenvalue weighted by molar-refractivity contribution is -0.170. The molecule has 2 unspecified atom stereocenters. The maximum atomic E-state index is 12.5. The maximum absolute atomic E-state index is 12.5. The minimum absolute atomic E-state index is 0. The quantitative estimate of drug-likeness (QED) is 0.647. The van der Waals surface area contributed by atoms with Gasteiger partial charge < -0.3 is 20.7 Å². The van der Waals surface area contributed by atoms with Gasteiger partial charge in [0.05, 0.1) is 6.10 Å². The number of nitrogens with one attached hydrogen (secondary N) is 1. The lowest BCUT2D eigenvalue weighted by Gasteiger charge is -2.57. The first-order valence-electron chi connectivity index (χ1n) is 9.22. The van der Waals surface area contributed by atoms with Crippen LogP contribution in [0.4, 0.5) is 0 Å². The molecule has 1 saturated heterocycles. The molecule has 0 aromatic rings. The summed E-state index contributed by atoms with van der Waals surface area (Å²) in [7, 11) is 0. The highest BCUT2D eigenvalue weighted by atomic mass is 35.5. The predicted octanol–water partition coefficient (Wildman–Crippen LogP) is 2.60. The molecule has 0 radical (unpaired) electrons. The van der Waals surface area contributed by atoms with E-state index in [4.69, 9.17) is 10.5 Å². The van der Waals surface area contributed by atoms with Crippen molar-refractivity contribution in [3.63, 3.8) is 0 Å². The minimum Gasteiger partial charge on any atom is -0.378 e. The van der Waals surface area contributed by atoms with E-state index < -0.39 is 5.54 Å². The van der Waals surface area contributed by atoms with Crippen molar-refractivity contribution < 1.29 is 9.53 Å². The SMILES string of the molecule is CCOC1CC(N)(C(=O)NCCCN2CCC(C)CC2)C1(C)C.Cl.Cl. The van der Waals surface area contributed by atoms with Crippen LogP contribution in [0.15, 0.2) is 0 Å². The smallest absolute Gasteiger partial charge is 0.240 e. The zero-order chi connectivity index (χ0) is 17.1. The van der Waals surface area contributed by atoms with Gasteiger partial charge in [0, 0.05) is 25.0 Å². The van der Waals surface area contributed by atoms with Crippen molar-refractivity contribution >= 4 is 30.7 Å². The normalized spacial score (nSPS) is 29.1. The molecule has 1 amide bonds. The Morgan fingerprint density at radius 1 is 1.28 bits per heavy atom. The molecule has 5 nitrogen and oxygen atoms in total. The molecular weight excluding hydrogens is 361 g/mol. The molecule has 25 heavy (non-hydrogen) atoms. The molecule has 1 aliphatic heterocycles. The van der Waals surface area contributed by atoms with E-state index in [-0.39, 0.29) is 42.2 Å². The summed E-state index contributed by atoms with van der Waals surface area (Å²) >= 11 is 0. The molecule has 2 fully saturated rings. The third-order valence-electron chi connectivity index (χ3n) is 6.05. The number of rotatable bonds is 7. The van der Waals surface area contributed by atoms with Crippen molar-refractivity contribution in [2.75, 3.05) is 32.8 Å². The first kappa shape index (κ1) is 24.9. The molecular formula is C18H37Cl2N3O2. The van der Waals surface area contributed by atoms with E-state index >= 15 is 0 Å². The highest BCUT2D eigenvalue weighted by Crippen LogP contribution is 2.49. The topological polar surface area (TPSA) is 67.6 Å². The number of piperidine rings is 1. The number of carbonyl (C=O) groups is 1. The molecule has 2 atom stereocenters. The van der Waals surface area contributed by atoms with Gasteiger partial charge in [0.2, 0.25) is 5.91 Å². The van der Waals surface area contributed by atoms with Crippen LogP contribution in [0.25, 0.3) is 0 Å². The second kappa shape index (κ2) is 10.3. The average Bonchev–Trinajstić information content (AvgIpc) is 2.52. The Balaban J connectivity index is 0.00000288. The summed E-state index contributed by atoms with van der Waals surface area (Å²) in [6.45, 7) is 13.2. The number of ether oxygens (including phenoxy) is 1. The Morgan fingerprint density at radius 3 is 2.40 bits per heavy atom. The molecule has 0 aromatic carbocycles. The highest BCUT2D eigenvalue weighted by molar-refractivity contribution is 5.88. The standard InChI is InChI=1S/C18H35N3O2.2ClH/c1-5-23-15-13-18(19,17(15,3)4)16(22)20-9-6-10-21-11-7-14(2)8-12-21;;/h14-15H,5-13,19H2,1-4H3,(H,20,22);2*1H. The molecule has 1 heterocycles. The number of hydrogen-bond donors (Lipinski definition) is 2. The largest absolute Gasteiger partial charge is 0.378 e. The van der Waals surface area contributed by atoms with Crippen LogP contribution in [0.2, 0.25) is 0 Å². The van der Waals surface area contributed by atoms with E-state index in [1.54, 1.807) is 0 Å². The van der Waals surface area contributed by atoms with E-state index in [0.717, 1.165) is 18.9 Å². The summed E-state index contributed by atoms with van der Waals surface area (Å²) in [5.41, 5.74) is 5.27. The third-order valence-corrected chi connectivity index (χ3v) is 6.05. The molecule has 1 saturated carbocycles. The summed E-state index contributed by atoms with van der Waals surface area (Å²) in [6.07, 6.45) is 4.28. The zero-order valence-electron chi connectivity index (χ0n) is 16.2. The van der Waals surface area contributed by atoms with E-state index in [2.05, 4.69) is 17.1 Å². The Hall–Kier alpha value is -0.0700. The van der Waals surface area contributed by atoms with Gasteiger partial charge in [-0.25, -0.2) is 0 Å². The monoisotopic (exact) mass is 397 g/mol. The molecule has 7 heteroatoms. The molecule has 0 spiro atoms. The first-order chi connectivity index (χ1) is 10.8. The van der Waals surface area contributed by atoms with Crippen LogP contribution < -0.4 is 11.1 Å². The maximum Gasteiger partial charge on any atom is 0.240 e. The molecule has 0 aromatic heterocycles. The lowest BCUT2D eigenvalue weighted by atomic mass is 9.54. The number of amides is 1. The summed E-state index contributed by atoms with van der Waals surface area (Å²) in [5.74, 6) is 0.841. The fourth-order valence-corrected chi connectivity index (χ4v) is 3.77. The first-order valence-corrected chi connectivity index (χ1v) is 9.22. The van der Waals surface area contributed by atoms with E-state index in [0.29, 0.717) is 19.6 Å². The second-order valence-electron chi connectivity index (χ2n) is 7.97. The molecule has 0 bridgehead atoms. The van der Waals surface area contributed by atoms with Gasteiger partial charge in [-0.3, -0.25) is 4.79 Å². The number of nitrogens with two attached hydrogens (primary N) is 1. The minimum atomic E-state index is -0.798.